The summed E-state index contributed by atoms with van der Waals surface area (Å²) in [5.74, 6) is -0.00115. The molecule has 2 aromatic rings. The predicted molar refractivity (Wildman–Crippen MR) is 83.9 cm³/mol. The van der Waals surface area contributed by atoms with Gasteiger partial charge in [-0.05, 0) is 45.0 Å². The molecule has 1 atom stereocenters. The van der Waals surface area contributed by atoms with Crippen LogP contribution >= 0.6 is 11.3 Å². The Morgan fingerprint density at radius 1 is 1.24 bits per heavy atom. The van der Waals surface area contributed by atoms with Crippen molar-refractivity contribution >= 4 is 28.8 Å². The molecule has 0 saturated heterocycles. The maximum absolute atomic E-state index is 11.9. The molecule has 1 unspecified atom stereocenters. The lowest BCUT2D eigenvalue weighted by Crippen LogP contribution is -2.31. The van der Waals surface area contributed by atoms with E-state index in [1.807, 2.05) is 19.2 Å². The number of Topliss-reactive ketones (excluding diaryl/α,β-unsaturated/α-hetero) is 1. The Balaban J connectivity index is 1.93. The van der Waals surface area contributed by atoms with Gasteiger partial charge in [0.05, 0.1) is 6.04 Å². The number of ketones is 1. The lowest BCUT2D eigenvalue weighted by Gasteiger charge is -2.12. The van der Waals surface area contributed by atoms with Crippen LogP contribution in [0.15, 0.2) is 29.6 Å². The summed E-state index contributed by atoms with van der Waals surface area (Å²) in [6.07, 6.45) is 0. The first-order valence-electron chi connectivity index (χ1n) is 6.56. The van der Waals surface area contributed by atoms with Crippen molar-refractivity contribution in [3.05, 3.63) is 45.9 Å². The highest BCUT2D eigenvalue weighted by molar-refractivity contribution is 7.09. The number of anilines is 1. The number of hydrogen-bond acceptors (Lipinski definition) is 4. The van der Waals surface area contributed by atoms with E-state index in [0.717, 1.165) is 10.7 Å². The molecule has 1 aromatic carbocycles. The summed E-state index contributed by atoms with van der Waals surface area (Å²) in [6, 6.07) is 6.33. The van der Waals surface area contributed by atoms with Gasteiger partial charge in [-0.3, -0.25) is 4.79 Å². The second-order valence-corrected chi connectivity index (χ2v) is 5.67. The normalized spacial score (nSPS) is 11.8. The highest BCUT2D eigenvalue weighted by atomic mass is 32.1. The summed E-state index contributed by atoms with van der Waals surface area (Å²) in [7, 11) is 0. The quantitative estimate of drug-likeness (QED) is 0.849. The number of nitrogens with zero attached hydrogens (tertiary/aromatic N) is 1. The fourth-order valence-electron chi connectivity index (χ4n) is 1.78. The number of aromatic nitrogens is 1. The number of urea groups is 1. The molecule has 0 saturated carbocycles. The van der Waals surface area contributed by atoms with Crippen molar-refractivity contribution < 1.29 is 9.59 Å². The van der Waals surface area contributed by atoms with Crippen LogP contribution in [-0.4, -0.2) is 16.8 Å². The van der Waals surface area contributed by atoms with Crippen LogP contribution in [0.2, 0.25) is 0 Å². The van der Waals surface area contributed by atoms with Crippen LogP contribution in [0.3, 0.4) is 0 Å². The molecule has 110 valence electrons. The van der Waals surface area contributed by atoms with Crippen LogP contribution in [0, 0.1) is 6.92 Å². The number of hydrogen-bond donors (Lipinski definition) is 2. The maximum atomic E-state index is 11.9. The Bertz CT molecular complexity index is 649. The van der Waals surface area contributed by atoms with Crippen LogP contribution < -0.4 is 10.6 Å². The predicted octanol–water partition coefficient (Wildman–Crippen LogP) is 3.54. The van der Waals surface area contributed by atoms with Gasteiger partial charge in [-0.2, -0.15) is 0 Å². The van der Waals surface area contributed by atoms with Crippen molar-refractivity contribution in [3.63, 3.8) is 0 Å². The zero-order valence-corrected chi connectivity index (χ0v) is 13.0. The minimum absolute atomic E-state index is 0.00115. The number of carbonyl (C=O) groups excluding carboxylic acids is 2. The van der Waals surface area contributed by atoms with Gasteiger partial charge >= 0.3 is 6.03 Å². The average Bonchev–Trinajstić information content (AvgIpc) is 2.86. The summed E-state index contributed by atoms with van der Waals surface area (Å²) >= 11 is 1.52. The Hall–Kier alpha value is -2.21. The van der Waals surface area contributed by atoms with Crippen molar-refractivity contribution in [3.8, 4) is 0 Å². The molecule has 0 aliphatic carbocycles. The molecule has 2 N–H and O–H groups in total. The van der Waals surface area contributed by atoms with E-state index in [4.69, 9.17) is 0 Å². The molecule has 21 heavy (non-hydrogen) atoms. The topological polar surface area (TPSA) is 71.1 Å². The monoisotopic (exact) mass is 303 g/mol. The minimum atomic E-state index is -0.300. The number of nitrogens with one attached hydrogen (secondary N) is 2. The summed E-state index contributed by atoms with van der Waals surface area (Å²) < 4.78 is 0. The van der Waals surface area contributed by atoms with Crippen LogP contribution in [0.1, 0.15) is 40.9 Å². The van der Waals surface area contributed by atoms with Gasteiger partial charge in [-0.15, -0.1) is 11.3 Å². The van der Waals surface area contributed by atoms with E-state index in [0.29, 0.717) is 11.3 Å². The largest absolute Gasteiger partial charge is 0.329 e. The smallest absolute Gasteiger partial charge is 0.319 e. The zero-order chi connectivity index (χ0) is 15.4. The average molecular weight is 303 g/mol. The Morgan fingerprint density at radius 3 is 2.43 bits per heavy atom. The molecule has 0 aliphatic rings. The van der Waals surface area contributed by atoms with E-state index < -0.39 is 0 Å². The first kappa shape index (κ1) is 15.2. The molecule has 1 aromatic heterocycles. The number of benzene rings is 1. The molecule has 2 rings (SSSR count). The van der Waals surface area contributed by atoms with Gasteiger partial charge in [-0.1, -0.05) is 0 Å². The van der Waals surface area contributed by atoms with Crippen LogP contribution in [0.4, 0.5) is 10.5 Å². The third-order valence-corrected chi connectivity index (χ3v) is 4.05. The van der Waals surface area contributed by atoms with Crippen LogP contribution in [-0.2, 0) is 0 Å². The van der Waals surface area contributed by atoms with E-state index in [9.17, 15) is 9.59 Å². The second-order valence-electron chi connectivity index (χ2n) is 4.78. The number of amides is 2. The van der Waals surface area contributed by atoms with Crippen LogP contribution in [0.25, 0.3) is 0 Å². The molecule has 2 amide bonds. The number of rotatable bonds is 4. The van der Waals surface area contributed by atoms with E-state index in [1.54, 1.807) is 24.3 Å². The van der Waals surface area contributed by atoms with Gasteiger partial charge in [0.2, 0.25) is 0 Å². The van der Waals surface area contributed by atoms with Crippen LogP contribution in [0.5, 0.6) is 0 Å². The van der Waals surface area contributed by atoms with E-state index in [-0.39, 0.29) is 17.9 Å². The standard InChI is InChI=1S/C15H17N3O2S/c1-9-8-21-14(16-9)10(2)17-15(20)18-13-6-4-12(5-7-13)11(3)19/h4-8,10H,1-3H3,(H2,17,18,20). The van der Waals surface area contributed by atoms with Crippen molar-refractivity contribution in [2.24, 2.45) is 0 Å². The fraction of sp³-hybridized carbons (Fsp3) is 0.267. The van der Waals surface area contributed by atoms with Gasteiger partial charge in [0.1, 0.15) is 5.01 Å². The zero-order valence-electron chi connectivity index (χ0n) is 12.1. The van der Waals surface area contributed by atoms with E-state index in [1.165, 1.54) is 18.3 Å². The molecule has 0 aliphatic heterocycles. The fourth-order valence-corrected chi connectivity index (χ4v) is 2.59. The summed E-state index contributed by atoms with van der Waals surface area (Å²) in [5.41, 5.74) is 2.21. The highest BCUT2D eigenvalue weighted by Gasteiger charge is 2.12. The molecule has 0 spiro atoms. The Labute approximate surface area is 127 Å². The number of aryl methyl sites for hydroxylation is 1. The summed E-state index contributed by atoms with van der Waals surface area (Å²) in [4.78, 5) is 27.4. The minimum Gasteiger partial charge on any atom is -0.329 e. The molecule has 1 heterocycles. The molecule has 5 nitrogen and oxygen atoms in total. The summed E-state index contributed by atoms with van der Waals surface area (Å²) in [6.45, 7) is 5.31. The molecule has 0 radical (unpaired) electrons. The Morgan fingerprint density at radius 2 is 1.90 bits per heavy atom. The number of carbonyl (C=O) groups is 2. The van der Waals surface area contributed by atoms with Gasteiger partial charge < -0.3 is 10.6 Å². The first-order chi connectivity index (χ1) is 9.95. The SMILES string of the molecule is CC(=O)c1ccc(NC(=O)NC(C)c2nc(C)cs2)cc1. The maximum Gasteiger partial charge on any atom is 0.319 e. The third kappa shape index (κ3) is 4.13. The second kappa shape index (κ2) is 6.49. The first-order valence-corrected chi connectivity index (χ1v) is 7.44. The van der Waals surface area contributed by atoms with Crippen molar-refractivity contribution in [1.82, 2.24) is 10.3 Å². The number of thiazole rings is 1. The molecular weight excluding hydrogens is 286 g/mol. The molecular formula is C15H17N3O2S. The van der Waals surface area contributed by atoms with Crippen molar-refractivity contribution in [1.29, 1.82) is 0 Å². The van der Waals surface area contributed by atoms with E-state index in [2.05, 4.69) is 15.6 Å². The van der Waals surface area contributed by atoms with E-state index >= 15 is 0 Å². The molecule has 0 fully saturated rings. The van der Waals surface area contributed by atoms with Gasteiger partial charge in [0.25, 0.3) is 0 Å². The molecule has 6 heteroatoms. The highest BCUT2D eigenvalue weighted by Crippen LogP contribution is 2.17. The Kier molecular flexibility index (Phi) is 4.70. The third-order valence-electron chi connectivity index (χ3n) is 2.90. The summed E-state index contributed by atoms with van der Waals surface area (Å²) in [5, 5.41) is 8.38. The lowest BCUT2D eigenvalue weighted by atomic mass is 10.1. The van der Waals surface area contributed by atoms with Gasteiger partial charge in [-0.25, -0.2) is 9.78 Å². The van der Waals surface area contributed by atoms with Gasteiger partial charge in [0.15, 0.2) is 5.78 Å². The van der Waals surface area contributed by atoms with Crippen molar-refractivity contribution in [2.45, 2.75) is 26.8 Å². The molecule has 0 bridgehead atoms. The van der Waals surface area contributed by atoms with Crippen molar-refractivity contribution in [2.75, 3.05) is 5.32 Å². The van der Waals surface area contributed by atoms with Gasteiger partial charge in [0, 0.05) is 22.3 Å². The lowest BCUT2D eigenvalue weighted by molar-refractivity contribution is 0.101.